The van der Waals surface area contributed by atoms with E-state index >= 15 is 0 Å². The Morgan fingerprint density at radius 3 is 2.73 bits per heavy atom. The molecule has 0 bridgehead atoms. The van der Waals surface area contributed by atoms with Crippen molar-refractivity contribution >= 4 is 56.5 Å². The molecular weight excluding hydrogens is 604 g/mol. The summed E-state index contributed by atoms with van der Waals surface area (Å²) in [6.45, 7) is 2.16. The van der Waals surface area contributed by atoms with E-state index in [2.05, 4.69) is 43.5 Å². The highest BCUT2D eigenvalue weighted by atomic mass is 127. The van der Waals surface area contributed by atoms with Crippen LogP contribution >= 0.6 is 38.5 Å². The molecule has 1 heterocycles. The molecule has 5 nitrogen and oxygen atoms in total. The van der Waals surface area contributed by atoms with Gasteiger partial charge < -0.3 is 14.2 Å². The number of carbonyl (C=O) groups is 1. The van der Waals surface area contributed by atoms with Crippen LogP contribution in [0.4, 0.5) is 4.39 Å². The van der Waals surface area contributed by atoms with E-state index in [0.29, 0.717) is 27.1 Å². The van der Waals surface area contributed by atoms with Crippen LogP contribution in [0.5, 0.6) is 11.5 Å². The van der Waals surface area contributed by atoms with Crippen molar-refractivity contribution in [1.82, 2.24) is 0 Å². The zero-order valence-corrected chi connectivity index (χ0v) is 21.4. The van der Waals surface area contributed by atoms with E-state index in [-0.39, 0.29) is 24.0 Å². The number of cyclic esters (lactones) is 1. The van der Waals surface area contributed by atoms with Crippen molar-refractivity contribution in [2.75, 3.05) is 7.11 Å². The molecule has 0 saturated carbocycles. The minimum absolute atomic E-state index is 0.169. The molecular formula is C25H18BrFINO4. The zero-order chi connectivity index (χ0) is 23.5. The molecule has 33 heavy (non-hydrogen) atoms. The molecule has 8 heteroatoms. The lowest BCUT2D eigenvalue weighted by molar-refractivity contribution is -0.129. The number of aliphatic imine (C=N–C) groups is 1. The maximum absolute atomic E-state index is 13.4. The van der Waals surface area contributed by atoms with Crippen molar-refractivity contribution in [2.45, 2.75) is 13.5 Å². The highest BCUT2D eigenvalue weighted by Gasteiger charge is 2.25. The fraction of sp³-hybridized carbons (Fsp3) is 0.120. The Labute approximate surface area is 212 Å². The average Bonchev–Trinajstić information content (AvgIpc) is 3.14. The Hall–Kier alpha value is -2.72. The van der Waals surface area contributed by atoms with Gasteiger partial charge in [0.15, 0.2) is 17.2 Å². The normalized spacial score (nSPS) is 14.3. The molecule has 0 aliphatic carbocycles. The summed E-state index contributed by atoms with van der Waals surface area (Å²) in [6, 6.07) is 15.5. The lowest BCUT2D eigenvalue weighted by Crippen LogP contribution is -2.05. The lowest BCUT2D eigenvalue weighted by Gasteiger charge is -2.13. The number of benzene rings is 3. The molecule has 0 N–H and O–H groups in total. The maximum Gasteiger partial charge on any atom is 0.363 e. The molecule has 0 unspecified atom stereocenters. The van der Waals surface area contributed by atoms with Crippen LogP contribution in [0.3, 0.4) is 0 Å². The fourth-order valence-electron chi connectivity index (χ4n) is 3.21. The number of carbonyl (C=O) groups excluding carboxylic acids is 1. The van der Waals surface area contributed by atoms with E-state index in [1.807, 2.05) is 25.1 Å². The van der Waals surface area contributed by atoms with Gasteiger partial charge in [-0.25, -0.2) is 14.2 Å². The van der Waals surface area contributed by atoms with Gasteiger partial charge >= 0.3 is 5.97 Å². The third-order valence-electron chi connectivity index (χ3n) is 4.85. The Morgan fingerprint density at radius 2 is 2.00 bits per heavy atom. The quantitative estimate of drug-likeness (QED) is 0.181. The summed E-state index contributed by atoms with van der Waals surface area (Å²) < 4.78 is 31.9. The molecule has 1 aliphatic rings. The number of rotatable bonds is 6. The Balaban J connectivity index is 1.59. The first-order valence-electron chi connectivity index (χ1n) is 9.88. The molecule has 0 aromatic heterocycles. The summed E-state index contributed by atoms with van der Waals surface area (Å²) in [5.74, 6) is 0.343. The second-order valence-corrected chi connectivity index (χ2v) is 9.27. The highest BCUT2D eigenvalue weighted by Crippen LogP contribution is 2.38. The van der Waals surface area contributed by atoms with Gasteiger partial charge in [0.2, 0.25) is 5.90 Å². The number of esters is 1. The van der Waals surface area contributed by atoms with Crippen LogP contribution < -0.4 is 9.47 Å². The maximum atomic E-state index is 13.4. The average molecular weight is 622 g/mol. The van der Waals surface area contributed by atoms with Crippen molar-refractivity contribution in [3.05, 3.63) is 96.4 Å². The van der Waals surface area contributed by atoms with Crippen LogP contribution in [0.25, 0.3) is 6.08 Å². The van der Waals surface area contributed by atoms with Crippen LogP contribution in [0.15, 0.2) is 69.8 Å². The van der Waals surface area contributed by atoms with Crippen molar-refractivity contribution in [3.63, 3.8) is 0 Å². The Bertz CT molecular complexity index is 1310. The standard InChI is InChI=1S/C25H18BrFINO4/c1-14-8-17(6-7-20(14)28)24-29-21(25(30)33-24)11-16-10-19(26)23(22(12-16)31-2)32-13-15-4-3-5-18(27)9-15/h3-12H,13H2,1-2H3/b21-11-. The van der Waals surface area contributed by atoms with Gasteiger partial charge in [0, 0.05) is 9.13 Å². The van der Waals surface area contributed by atoms with Gasteiger partial charge in [-0.3, -0.25) is 0 Å². The summed E-state index contributed by atoms with van der Waals surface area (Å²) in [6.07, 6.45) is 1.62. The monoisotopic (exact) mass is 621 g/mol. The number of halogens is 3. The zero-order valence-electron chi connectivity index (χ0n) is 17.7. The van der Waals surface area contributed by atoms with E-state index in [4.69, 9.17) is 14.2 Å². The molecule has 1 aliphatic heterocycles. The molecule has 0 amide bonds. The second kappa shape index (κ2) is 10.0. The molecule has 4 rings (SSSR count). The molecule has 0 fully saturated rings. The molecule has 168 valence electrons. The number of hydrogen-bond acceptors (Lipinski definition) is 5. The fourth-order valence-corrected chi connectivity index (χ4v) is 4.12. The number of hydrogen-bond donors (Lipinski definition) is 0. The van der Waals surface area contributed by atoms with Crippen molar-refractivity contribution in [2.24, 2.45) is 4.99 Å². The number of ether oxygens (including phenoxy) is 3. The van der Waals surface area contributed by atoms with E-state index in [9.17, 15) is 9.18 Å². The van der Waals surface area contributed by atoms with Crippen molar-refractivity contribution in [1.29, 1.82) is 0 Å². The van der Waals surface area contributed by atoms with E-state index in [0.717, 1.165) is 14.7 Å². The smallest absolute Gasteiger partial charge is 0.363 e. The molecule has 0 radical (unpaired) electrons. The van der Waals surface area contributed by atoms with Crippen LogP contribution in [-0.2, 0) is 16.1 Å². The number of nitrogens with zero attached hydrogens (tertiary/aromatic N) is 1. The predicted octanol–water partition coefficient (Wildman–Crippen LogP) is 6.43. The van der Waals surface area contributed by atoms with Gasteiger partial charge in [0.25, 0.3) is 0 Å². The highest BCUT2D eigenvalue weighted by molar-refractivity contribution is 14.1. The summed E-state index contributed by atoms with van der Waals surface area (Å²) in [7, 11) is 1.52. The summed E-state index contributed by atoms with van der Waals surface area (Å²) in [5, 5.41) is 0. The van der Waals surface area contributed by atoms with Crippen LogP contribution in [-0.4, -0.2) is 19.0 Å². The summed E-state index contributed by atoms with van der Waals surface area (Å²) in [5.41, 5.74) is 3.36. The topological polar surface area (TPSA) is 57.1 Å². The van der Waals surface area contributed by atoms with Crippen LogP contribution in [0.1, 0.15) is 22.3 Å². The van der Waals surface area contributed by atoms with Crippen LogP contribution in [0, 0.1) is 16.3 Å². The third-order valence-corrected chi connectivity index (χ3v) is 6.65. The van der Waals surface area contributed by atoms with Gasteiger partial charge in [-0.2, -0.15) is 0 Å². The van der Waals surface area contributed by atoms with E-state index < -0.39 is 5.97 Å². The second-order valence-electron chi connectivity index (χ2n) is 7.25. The largest absolute Gasteiger partial charge is 0.493 e. The van der Waals surface area contributed by atoms with Gasteiger partial charge in [0.05, 0.1) is 11.6 Å². The number of aryl methyl sites for hydroxylation is 1. The molecule has 0 atom stereocenters. The first-order chi connectivity index (χ1) is 15.8. The summed E-state index contributed by atoms with van der Waals surface area (Å²) in [4.78, 5) is 16.8. The summed E-state index contributed by atoms with van der Waals surface area (Å²) >= 11 is 5.74. The van der Waals surface area contributed by atoms with Gasteiger partial charge in [-0.15, -0.1) is 0 Å². The lowest BCUT2D eigenvalue weighted by atomic mass is 10.1. The van der Waals surface area contributed by atoms with E-state index in [1.54, 1.807) is 30.3 Å². The Morgan fingerprint density at radius 1 is 1.18 bits per heavy atom. The van der Waals surface area contributed by atoms with E-state index in [1.165, 1.54) is 19.2 Å². The SMILES string of the molecule is COc1cc(/C=C2\N=C(c3ccc(I)c(C)c3)OC2=O)cc(Br)c1OCc1cccc(F)c1. The minimum Gasteiger partial charge on any atom is -0.493 e. The Kier molecular flexibility index (Phi) is 7.14. The first kappa shape index (κ1) is 23.4. The predicted molar refractivity (Wildman–Crippen MR) is 136 cm³/mol. The van der Waals surface area contributed by atoms with Gasteiger partial charge in [-0.05, 0) is 111 Å². The van der Waals surface area contributed by atoms with Crippen LogP contribution in [0.2, 0.25) is 0 Å². The minimum atomic E-state index is -0.525. The molecule has 0 spiro atoms. The first-order valence-corrected chi connectivity index (χ1v) is 11.7. The van der Waals surface area contributed by atoms with Crippen molar-refractivity contribution in [3.8, 4) is 11.5 Å². The van der Waals surface area contributed by atoms with Gasteiger partial charge in [-0.1, -0.05) is 12.1 Å². The molecule has 3 aromatic carbocycles. The number of methoxy groups -OCH3 is 1. The van der Waals surface area contributed by atoms with Crippen molar-refractivity contribution < 1.29 is 23.4 Å². The molecule has 0 saturated heterocycles. The third kappa shape index (κ3) is 5.44. The van der Waals surface area contributed by atoms with Gasteiger partial charge in [0.1, 0.15) is 12.4 Å². The molecule has 3 aromatic rings.